The third-order valence-corrected chi connectivity index (χ3v) is 0.707. The highest BCUT2D eigenvalue weighted by Crippen LogP contribution is 1.88. The minimum Gasteiger partial charge on any atom is -0.197 e. The Hall–Kier alpha value is 1.40. The molecule has 0 aliphatic rings. The molecule has 0 atom stereocenters. The molecule has 0 aliphatic carbocycles. The van der Waals surface area contributed by atoms with Crippen LogP contribution in [0.25, 0.3) is 0 Å². The van der Waals surface area contributed by atoms with Crippen molar-refractivity contribution in [2.24, 2.45) is 0 Å². The Morgan fingerprint density at radius 3 is 0.900 bits per heavy atom. The Labute approximate surface area is 94.3 Å². The summed E-state index contributed by atoms with van der Waals surface area (Å²) in [5, 5.41) is 0. The number of unbranched alkanes of at least 4 members (excludes halogenated alkanes) is 2. The second-order valence-corrected chi connectivity index (χ2v) is 1.35. The highest BCUT2D eigenvalue weighted by Gasteiger charge is 1.68. The average Bonchev–Trinajstić information content (AvgIpc) is 1.41. The van der Waals surface area contributed by atoms with Crippen molar-refractivity contribution in [3.8, 4) is 0 Å². The molecule has 0 radical (unpaired) electrons. The van der Waals surface area contributed by atoms with E-state index < -0.39 is 0 Å². The molecule has 0 N–H and O–H groups in total. The molecule has 4 heteroatoms. The third kappa shape index (κ3) is 57.4. The van der Waals surface area contributed by atoms with E-state index >= 15 is 0 Å². The van der Waals surface area contributed by atoms with E-state index in [0.29, 0.717) is 0 Å². The molecular formula is C6H24S4. The van der Waals surface area contributed by atoms with E-state index in [2.05, 4.69) is 13.8 Å². The smallest absolute Gasteiger partial charge is 0.0538 e. The van der Waals surface area contributed by atoms with Gasteiger partial charge in [0.1, 0.15) is 0 Å². The molecule has 0 nitrogen and oxygen atoms in total. The van der Waals surface area contributed by atoms with E-state index in [9.17, 15) is 0 Å². The van der Waals surface area contributed by atoms with Crippen LogP contribution in [0, 0.1) is 0 Å². The molecule has 0 heterocycles. The van der Waals surface area contributed by atoms with Crippen molar-refractivity contribution < 1.29 is 0 Å². The van der Waals surface area contributed by atoms with Crippen molar-refractivity contribution in [3.63, 3.8) is 0 Å². The van der Waals surface area contributed by atoms with Crippen molar-refractivity contribution in [3.05, 3.63) is 0 Å². The van der Waals surface area contributed by atoms with Gasteiger partial charge in [-0.2, -0.15) is 54.0 Å². The summed E-state index contributed by atoms with van der Waals surface area (Å²) in [6.07, 6.45) is 4.08. The zero-order valence-corrected chi connectivity index (χ0v) is 10.1. The molecular weight excluding hydrogens is 200 g/mol. The molecule has 0 amide bonds. The molecule has 0 bridgehead atoms. The van der Waals surface area contributed by atoms with Crippen molar-refractivity contribution in [2.45, 2.75) is 40.5 Å². The van der Waals surface area contributed by atoms with E-state index in [1.807, 2.05) is 0 Å². The van der Waals surface area contributed by atoms with Crippen LogP contribution >= 0.6 is 54.0 Å². The lowest BCUT2D eigenvalue weighted by Crippen LogP contribution is -1.59. The van der Waals surface area contributed by atoms with Crippen LogP contribution in [0.1, 0.15) is 40.5 Å². The molecule has 10 heavy (non-hydrogen) atoms. The van der Waals surface area contributed by atoms with E-state index in [1.165, 1.54) is 19.3 Å². The van der Waals surface area contributed by atoms with Crippen LogP contribution in [-0.4, -0.2) is 0 Å². The molecule has 72 valence electrons. The van der Waals surface area contributed by atoms with E-state index in [1.54, 1.807) is 0 Å². The van der Waals surface area contributed by atoms with Gasteiger partial charge < -0.3 is 0 Å². The first-order valence-electron chi connectivity index (χ1n) is 2.41. The van der Waals surface area contributed by atoms with E-state index in [-0.39, 0.29) is 61.4 Å². The SMILES string of the molecule is C.CCCCC.S.S.S.S. The Morgan fingerprint density at radius 1 is 0.700 bits per heavy atom. The summed E-state index contributed by atoms with van der Waals surface area (Å²) in [5.74, 6) is 0. The van der Waals surface area contributed by atoms with Gasteiger partial charge in [0.15, 0.2) is 0 Å². The van der Waals surface area contributed by atoms with Crippen molar-refractivity contribution in [1.82, 2.24) is 0 Å². The molecule has 0 aromatic heterocycles. The second-order valence-electron chi connectivity index (χ2n) is 1.35. The summed E-state index contributed by atoms with van der Waals surface area (Å²) in [4.78, 5) is 0. The lowest BCUT2D eigenvalue weighted by Gasteiger charge is -1.79. The normalized spacial score (nSPS) is 4.20. The first-order chi connectivity index (χ1) is 2.41. The summed E-state index contributed by atoms with van der Waals surface area (Å²) in [5.41, 5.74) is 0. The van der Waals surface area contributed by atoms with Gasteiger partial charge >= 0.3 is 0 Å². The third-order valence-electron chi connectivity index (χ3n) is 0.707. The Morgan fingerprint density at radius 2 is 0.900 bits per heavy atom. The van der Waals surface area contributed by atoms with Gasteiger partial charge in [-0.15, -0.1) is 0 Å². The molecule has 0 aliphatic heterocycles. The molecule has 0 fully saturated rings. The number of hydrogen-bond donors (Lipinski definition) is 0. The summed E-state index contributed by atoms with van der Waals surface area (Å²) in [6.45, 7) is 4.42. The molecule has 0 rings (SSSR count). The fourth-order valence-electron chi connectivity index (χ4n) is 0.354. The van der Waals surface area contributed by atoms with Crippen LogP contribution in [0.5, 0.6) is 0 Å². The molecule has 0 saturated carbocycles. The maximum absolute atomic E-state index is 2.21. The van der Waals surface area contributed by atoms with Gasteiger partial charge in [0.25, 0.3) is 0 Å². The topological polar surface area (TPSA) is 0 Å². The Kier molecular flexibility index (Phi) is 201. The van der Waals surface area contributed by atoms with Crippen LogP contribution in [0.4, 0.5) is 0 Å². The van der Waals surface area contributed by atoms with Gasteiger partial charge in [0, 0.05) is 0 Å². The maximum Gasteiger partial charge on any atom is -0.0538 e. The van der Waals surface area contributed by atoms with Gasteiger partial charge in [0.2, 0.25) is 0 Å². The van der Waals surface area contributed by atoms with Crippen molar-refractivity contribution in [1.29, 1.82) is 0 Å². The lowest BCUT2D eigenvalue weighted by molar-refractivity contribution is 0.772. The maximum atomic E-state index is 2.21. The fourth-order valence-corrected chi connectivity index (χ4v) is 0.354. The molecule has 0 saturated heterocycles. The molecule has 0 spiro atoms. The summed E-state index contributed by atoms with van der Waals surface area (Å²) >= 11 is 0. The first-order valence-corrected chi connectivity index (χ1v) is 2.41. The largest absolute Gasteiger partial charge is 0.197 e. The summed E-state index contributed by atoms with van der Waals surface area (Å²) in [7, 11) is 0. The molecule has 0 unspecified atom stereocenters. The van der Waals surface area contributed by atoms with Gasteiger partial charge in [-0.05, 0) is 0 Å². The number of hydrogen-bond acceptors (Lipinski definition) is 0. The average molecular weight is 225 g/mol. The molecule has 0 aromatic carbocycles. The van der Waals surface area contributed by atoms with E-state index in [4.69, 9.17) is 0 Å². The standard InChI is InChI=1S/C5H12.CH4.4H2S/c1-3-5-4-2;;;;;/h3-5H2,1-2H3;1H4;4*1H2. The zero-order valence-electron chi connectivity index (χ0n) is 6.12. The summed E-state index contributed by atoms with van der Waals surface area (Å²) < 4.78 is 0. The highest BCUT2D eigenvalue weighted by atomic mass is 32.1. The van der Waals surface area contributed by atoms with Crippen molar-refractivity contribution in [2.75, 3.05) is 0 Å². The minimum absolute atomic E-state index is 0. The predicted octanol–water partition coefficient (Wildman–Crippen LogP) is 3.28. The summed E-state index contributed by atoms with van der Waals surface area (Å²) in [6, 6.07) is 0. The fraction of sp³-hybridized carbons (Fsp3) is 1.00. The number of rotatable bonds is 2. The monoisotopic (exact) mass is 224 g/mol. The lowest BCUT2D eigenvalue weighted by atomic mass is 10.3. The van der Waals surface area contributed by atoms with Gasteiger partial charge in [0.05, 0.1) is 0 Å². The van der Waals surface area contributed by atoms with Gasteiger partial charge in [-0.3, -0.25) is 0 Å². The quantitative estimate of drug-likeness (QED) is 0.675. The Bertz CT molecular complexity index is 17.2. The zero-order chi connectivity index (χ0) is 4.12. The second kappa shape index (κ2) is 47.5. The Balaban J connectivity index is -0.00000000800. The first kappa shape index (κ1) is 42.3. The predicted molar refractivity (Wildman–Crippen MR) is 73.5 cm³/mol. The molecule has 0 aromatic rings. The van der Waals surface area contributed by atoms with Crippen LogP contribution in [-0.2, 0) is 0 Å². The van der Waals surface area contributed by atoms with Crippen molar-refractivity contribution >= 4 is 54.0 Å². The van der Waals surface area contributed by atoms with Gasteiger partial charge in [-0.25, -0.2) is 0 Å². The minimum atomic E-state index is 0. The van der Waals surface area contributed by atoms with Crippen LogP contribution in [0.15, 0.2) is 0 Å². The van der Waals surface area contributed by atoms with Crippen LogP contribution < -0.4 is 0 Å². The van der Waals surface area contributed by atoms with E-state index in [0.717, 1.165) is 0 Å². The van der Waals surface area contributed by atoms with Crippen LogP contribution in [0.3, 0.4) is 0 Å². The van der Waals surface area contributed by atoms with Crippen LogP contribution in [0.2, 0.25) is 0 Å². The highest BCUT2D eigenvalue weighted by molar-refractivity contribution is 7.59. The van der Waals surface area contributed by atoms with Gasteiger partial charge in [-0.1, -0.05) is 40.5 Å².